The van der Waals surface area contributed by atoms with Gasteiger partial charge in [0.2, 0.25) is 0 Å². The zero-order valence-corrected chi connectivity index (χ0v) is 10.7. The van der Waals surface area contributed by atoms with E-state index in [1.165, 1.54) is 32.6 Å². The quantitative estimate of drug-likeness (QED) is 0.766. The van der Waals surface area contributed by atoms with Crippen molar-refractivity contribution in [3.63, 3.8) is 0 Å². The summed E-state index contributed by atoms with van der Waals surface area (Å²) in [4.78, 5) is 2.73. The summed E-state index contributed by atoms with van der Waals surface area (Å²) in [7, 11) is 0. The van der Waals surface area contributed by atoms with Crippen molar-refractivity contribution in [3.05, 3.63) is 0 Å². The maximum Gasteiger partial charge on any atom is 0.0197 e. The number of nitrogens with zero attached hydrogens (tertiary/aromatic N) is 1. The van der Waals surface area contributed by atoms with E-state index in [0.29, 0.717) is 5.54 Å². The lowest BCUT2D eigenvalue weighted by atomic mass is 9.85. The van der Waals surface area contributed by atoms with E-state index in [1.807, 2.05) is 0 Å². The van der Waals surface area contributed by atoms with Crippen molar-refractivity contribution in [2.24, 2.45) is 17.8 Å². The Labute approximate surface area is 94.4 Å². The molecule has 0 amide bonds. The van der Waals surface area contributed by atoms with Crippen LogP contribution in [0.5, 0.6) is 0 Å². The lowest BCUT2D eigenvalue weighted by Gasteiger charge is -2.36. The van der Waals surface area contributed by atoms with E-state index in [1.54, 1.807) is 0 Å². The van der Waals surface area contributed by atoms with Crippen LogP contribution in [0, 0.1) is 17.8 Å². The monoisotopic (exact) mass is 210 g/mol. The largest absolute Gasteiger partial charge is 0.316 e. The van der Waals surface area contributed by atoms with Gasteiger partial charge in [-0.3, -0.25) is 4.90 Å². The number of fused-ring (bicyclic) bond motifs is 1. The van der Waals surface area contributed by atoms with Gasteiger partial charge in [0.15, 0.2) is 0 Å². The molecule has 2 heteroatoms. The molecule has 0 radical (unpaired) electrons. The van der Waals surface area contributed by atoms with Gasteiger partial charge < -0.3 is 5.32 Å². The van der Waals surface area contributed by atoms with Crippen molar-refractivity contribution >= 4 is 0 Å². The summed E-state index contributed by atoms with van der Waals surface area (Å²) in [5.41, 5.74) is 0.420. The highest BCUT2D eigenvalue weighted by atomic mass is 15.2. The molecule has 0 aromatic heterocycles. The summed E-state index contributed by atoms with van der Waals surface area (Å²) in [6.07, 6.45) is 1.34. The molecule has 2 nitrogen and oxygen atoms in total. The van der Waals surface area contributed by atoms with Crippen LogP contribution in [0.3, 0.4) is 0 Å². The van der Waals surface area contributed by atoms with Gasteiger partial charge in [-0.25, -0.2) is 0 Å². The number of hydrogen-bond acceptors (Lipinski definition) is 2. The molecule has 15 heavy (non-hydrogen) atoms. The molecule has 2 unspecified atom stereocenters. The Morgan fingerprint density at radius 2 is 2.07 bits per heavy atom. The van der Waals surface area contributed by atoms with Gasteiger partial charge in [0, 0.05) is 18.6 Å². The van der Waals surface area contributed by atoms with Crippen LogP contribution in [0.15, 0.2) is 0 Å². The van der Waals surface area contributed by atoms with Crippen molar-refractivity contribution in [2.45, 2.75) is 39.7 Å². The van der Waals surface area contributed by atoms with E-state index in [9.17, 15) is 0 Å². The minimum Gasteiger partial charge on any atom is -0.316 e. The zero-order chi connectivity index (χ0) is 11.1. The van der Waals surface area contributed by atoms with Crippen LogP contribution in [0.1, 0.15) is 34.1 Å². The van der Waals surface area contributed by atoms with Crippen LogP contribution >= 0.6 is 0 Å². The third kappa shape index (κ3) is 2.07. The number of likely N-dealkylation sites (tertiary alicyclic amines) is 1. The van der Waals surface area contributed by atoms with Gasteiger partial charge in [-0.15, -0.1) is 0 Å². The third-order valence-electron chi connectivity index (χ3n) is 4.49. The van der Waals surface area contributed by atoms with E-state index >= 15 is 0 Å². The lowest BCUT2D eigenvalue weighted by Crippen LogP contribution is -2.45. The predicted octanol–water partition coefficient (Wildman–Crippen LogP) is 1.96. The topological polar surface area (TPSA) is 15.3 Å². The summed E-state index contributed by atoms with van der Waals surface area (Å²) in [5.74, 6) is 2.62. The zero-order valence-electron chi connectivity index (χ0n) is 10.7. The highest BCUT2D eigenvalue weighted by Crippen LogP contribution is 2.40. The summed E-state index contributed by atoms with van der Waals surface area (Å²) < 4.78 is 0. The molecule has 88 valence electrons. The SMILES string of the molecule is CC(C)CCN1CC2CNCC2C1(C)C. The molecule has 0 aliphatic carbocycles. The Bertz CT molecular complexity index is 223. The molecule has 0 bridgehead atoms. The number of rotatable bonds is 3. The van der Waals surface area contributed by atoms with Gasteiger partial charge in [0.25, 0.3) is 0 Å². The summed E-state index contributed by atoms with van der Waals surface area (Å²) in [5, 5.41) is 3.54. The van der Waals surface area contributed by atoms with E-state index in [4.69, 9.17) is 0 Å². The fraction of sp³-hybridized carbons (Fsp3) is 1.00. The van der Waals surface area contributed by atoms with E-state index in [0.717, 1.165) is 17.8 Å². The van der Waals surface area contributed by atoms with Gasteiger partial charge in [0.1, 0.15) is 0 Å². The number of nitrogens with one attached hydrogen (secondary N) is 1. The van der Waals surface area contributed by atoms with Gasteiger partial charge in [-0.05, 0) is 51.1 Å². The maximum atomic E-state index is 3.54. The Morgan fingerprint density at radius 1 is 1.33 bits per heavy atom. The van der Waals surface area contributed by atoms with Crippen LogP contribution in [-0.4, -0.2) is 36.6 Å². The first kappa shape index (κ1) is 11.4. The lowest BCUT2D eigenvalue weighted by molar-refractivity contribution is 0.133. The second kappa shape index (κ2) is 4.06. The van der Waals surface area contributed by atoms with Crippen molar-refractivity contribution in [1.82, 2.24) is 10.2 Å². The standard InChI is InChI=1S/C13H26N2/c1-10(2)5-6-15-9-11-7-14-8-12(11)13(15,3)4/h10-12,14H,5-9H2,1-4H3. The molecule has 0 spiro atoms. The molecule has 2 aliphatic heterocycles. The van der Waals surface area contributed by atoms with Crippen molar-refractivity contribution in [2.75, 3.05) is 26.2 Å². The minimum absolute atomic E-state index is 0.420. The molecule has 2 aliphatic rings. The second-order valence-electron chi connectivity index (χ2n) is 6.31. The van der Waals surface area contributed by atoms with E-state index in [-0.39, 0.29) is 0 Å². The maximum absolute atomic E-state index is 3.54. The first-order valence-corrected chi connectivity index (χ1v) is 6.47. The molecule has 2 fully saturated rings. The highest BCUT2D eigenvalue weighted by molar-refractivity contribution is 5.04. The minimum atomic E-state index is 0.420. The van der Waals surface area contributed by atoms with Gasteiger partial charge in [0.05, 0.1) is 0 Å². The molecule has 2 saturated heterocycles. The Balaban J connectivity index is 1.96. The van der Waals surface area contributed by atoms with Gasteiger partial charge in [-0.2, -0.15) is 0 Å². The molecular formula is C13H26N2. The van der Waals surface area contributed by atoms with Gasteiger partial charge in [-0.1, -0.05) is 13.8 Å². The van der Waals surface area contributed by atoms with Crippen LogP contribution in [0.2, 0.25) is 0 Å². The predicted molar refractivity (Wildman–Crippen MR) is 65.0 cm³/mol. The average Bonchev–Trinajstić information content (AvgIpc) is 2.66. The smallest absolute Gasteiger partial charge is 0.0197 e. The van der Waals surface area contributed by atoms with Crippen molar-refractivity contribution in [3.8, 4) is 0 Å². The molecule has 0 saturated carbocycles. The van der Waals surface area contributed by atoms with E-state index < -0.39 is 0 Å². The first-order chi connectivity index (χ1) is 7.01. The van der Waals surface area contributed by atoms with Gasteiger partial charge >= 0.3 is 0 Å². The Hall–Kier alpha value is -0.0800. The third-order valence-corrected chi connectivity index (χ3v) is 4.49. The summed E-state index contributed by atoms with van der Waals surface area (Å²) in [6.45, 7) is 14.6. The molecule has 0 aromatic carbocycles. The molecule has 0 aromatic rings. The van der Waals surface area contributed by atoms with Crippen LogP contribution < -0.4 is 5.32 Å². The molecular weight excluding hydrogens is 184 g/mol. The van der Waals surface area contributed by atoms with Crippen molar-refractivity contribution < 1.29 is 0 Å². The average molecular weight is 210 g/mol. The van der Waals surface area contributed by atoms with Crippen LogP contribution in [0.25, 0.3) is 0 Å². The summed E-state index contributed by atoms with van der Waals surface area (Å²) >= 11 is 0. The number of hydrogen-bond donors (Lipinski definition) is 1. The van der Waals surface area contributed by atoms with Crippen LogP contribution in [0.4, 0.5) is 0 Å². The van der Waals surface area contributed by atoms with Crippen LogP contribution in [-0.2, 0) is 0 Å². The first-order valence-electron chi connectivity index (χ1n) is 6.47. The highest BCUT2D eigenvalue weighted by Gasteiger charge is 2.48. The summed E-state index contributed by atoms with van der Waals surface area (Å²) in [6, 6.07) is 0. The van der Waals surface area contributed by atoms with E-state index in [2.05, 4.69) is 37.9 Å². The molecule has 2 rings (SSSR count). The molecule has 2 heterocycles. The fourth-order valence-corrected chi connectivity index (χ4v) is 3.30. The van der Waals surface area contributed by atoms with Crippen molar-refractivity contribution in [1.29, 1.82) is 0 Å². The Morgan fingerprint density at radius 3 is 2.67 bits per heavy atom. The Kier molecular flexibility index (Phi) is 3.09. The normalized spacial score (nSPS) is 35.0. The molecule has 2 atom stereocenters. The fourth-order valence-electron chi connectivity index (χ4n) is 3.30. The molecule has 1 N–H and O–H groups in total. The second-order valence-corrected chi connectivity index (χ2v) is 6.31.